The van der Waals surface area contributed by atoms with Crippen LogP contribution in [0.2, 0.25) is 0 Å². The predicted molar refractivity (Wildman–Crippen MR) is 131 cm³/mol. The summed E-state index contributed by atoms with van der Waals surface area (Å²) in [5.41, 5.74) is 1.12. The largest absolute Gasteiger partial charge is 0.496 e. The predicted octanol–water partition coefficient (Wildman–Crippen LogP) is 2.85. The Kier molecular flexibility index (Phi) is 7.50. The molecule has 5 rings (SSSR count). The first-order chi connectivity index (χ1) is 18.0. The monoisotopic (exact) mass is 509 g/mol. The number of morpholine rings is 1. The smallest absolute Gasteiger partial charge is 0.276 e. The van der Waals surface area contributed by atoms with Gasteiger partial charge in [0.05, 0.1) is 25.9 Å². The Morgan fingerprint density at radius 2 is 1.81 bits per heavy atom. The molecule has 0 atom stereocenters. The molecule has 1 aromatic carbocycles. The number of piperidine rings is 1. The molecule has 2 aliphatic rings. The van der Waals surface area contributed by atoms with E-state index in [9.17, 15) is 9.59 Å². The molecule has 11 nitrogen and oxygen atoms in total. The number of rotatable bonds is 7. The summed E-state index contributed by atoms with van der Waals surface area (Å²) in [5, 5.41) is 4.04. The van der Waals surface area contributed by atoms with Crippen LogP contribution in [0.4, 0.5) is 0 Å². The fourth-order valence-corrected chi connectivity index (χ4v) is 4.75. The van der Waals surface area contributed by atoms with Gasteiger partial charge in [-0.2, -0.15) is 4.98 Å². The van der Waals surface area contributed by atoms with Crippen LogP contribution < -0.4 is 4.74 Å². The Labute approximate surface area is 214 Å². The van der Waals surface area contributed by atoms with Gasteiger partial charge in [0, 0.05) is 44.9 Å². The lowest BCUT2D eigenvalue weighted by atomic mass is 9.96. The van der Waals surface area contributed by atoms with E-state index in [0.29, 0.717) is 80.6 Å². The van der Waals surface area contributed by atoms with Crippen molar-refractivity contribution in [1.82, 2.24) is 24.9 Å². The van der Waals surface area contributed by atoms with Gasteiger partial charge in [-0.1, -0.05) is 17.3 Å². The first-order valence-corrected chi connectivity index (χ1v) is 12.6. The van der Waals surface area contributed by atoms with Crippen LogP contribution in [-0.2, 0) is 16.0 Å². The van der Waals surface area contributed by atoms with Crippen LogP contribution in [0.3, 0.4) is 0 Å². The number of methoxy groups -OCH3 is 1. The van der Waals surface area contributed by atoms with E-state index in [1.165, 1.54) is 0 Å². The minimum atomic E-state index is -0.113. The zero-order chi connectivity index (χ0) is 25.8. The number of hydrogen-bond donors (Lipinski definition) is 0. The Hall–Kier alpha value is -3.73. The summed E-state index contributed by atoms with van der Waals surface area (Å²) in [6, 6.07) is 7.45. The van der Waals surface area contributed by atoms with E-state index in [2.05, 4.69) is 15.1 Å². The fraction of sp³-hybridized carbons (Fsp3) is 0.500. The maximum Gasteiger partial charge on any atom is 0.276 e. The second kappa shape index (κ2) is 11.1. The summed E-state index contributed by atoms with van der Waals surface area (Å²) in [7, 11) is 1.59. The standard InChI is InChI=1S/C26H31N5O6/c1-17-23(26(33)31-13-15-35-16-14-31)28-25(36-17)18-9-11-30(12-10-18)22(32)8-7-21-27-24(29-37-21)19-5-3-4-6-20(19)34-2/h3-6,18H,7-16H2,1-2H3. The molecule has 2 amide bonds. The number of aryl methyl sites for hydroxylation is 2. The van der Waals surface area contributed by atoms with Crippen molar-refractivity contribution in [2.45, 2.75) is 38.5 Å². The first kappa shape index (κ1) is 24.9. The number of likely N-dealkylation sites (tertiary alicyclic amines) is 1. The number of benzene rings is 1. The number of carbonyl (C=O) groups is 2. The summed E-state index contributed by atoms with van der Waals surface area (Å²) in [4.78, 5) is 38.3. The highest BCUT2D eigenvalue weighted by Gasteiger charge is 2.30. The maximum absolute atomic E-state index is 12.8. The molecular formula is C26H31N5O6. The van der Waals surface area contributed by atoms with E-state index < -0.39 is 0 Å². The van der Waals surface area contributed by atoms with Gasteiger partial charge in [0.1, 0.15) is 11.5 Å². The van der Waals surface area contributed by atoms with Crippen molar-refractivity contribution in [3.8, 4) is 17.1 Å². The Bertz CT molecular complexity index is 1240. The van der Waals surface area contributed by atoms with Crippen molar-refractivity contribution < 1.29 is 28.0 Å². The number of hydrogen-bond acceptors (Lipinski definition) is 9. The Morgan fingerprint density at radius 1 is 1.05 bits per heavy atom. The van der Waals surface area contributed by atoms with Crippen LogP contribution in [0.25, 0.3) is 11.4 Å². The van der Waals surface area contributed by atoms with Crippen molar-refractivity contribution in [2.75, 3.05) is 46.5 Å². The summed E-state index contributed by atoms with van der Waals surface area (Å²) < 4.78 is 21.9. The molecular weight excluding hydrogens is 478 g/mol. The molecule has 2 fully saturated rings. The first-order valence-electron chi connectivity index (χ1n) is 12.6. The summed E-state index contributed by atoms with van der Waals surface area (Å²) in [6.07, 6.45) is 2.12. The molecule has 0 aliphatic carbocycles. The highest BCUT2D eigenvalue weighted by Crippen LogP contribution is 2.30. The van der Waals surface area contributed by atoms with Crippen molar-refractivity contribution >= 4 is 11.8 Å². The fourth-order valence-electron chi connectivity index (χ4n) is 4.75. The number of nitrogens with zero attached hydrogens (tertiary/aromatic N) is 5. The molecule has 2 saturated heterocycles. The molecule has 0 N–H and O–H groups in total. The molecule has 0 saturated carbocycles. The van der Waals surface area contributed by atoms with Crippen LogP contribution in [0, 0.1) is 6.92 Å². The van der Waals surface area contributed by atoms with Crippen LogP contribution in [0.15, 0.2) is 33.2 Å². The third-order valence-electron chi connectivity index (χ3n) is 6.88. The summed E-state index contributed by atoms with van der Waals surface area (Å²) >= 11 is 0. The van der Waals surface area contributed by atoms with E-state index in [4.69, 9.17) is 18.4 Å². The van der Waals surface area contributed by atoms with Crippen LogP contribution >= 0.6 is 0 Å². The van der Waals surface area contributed by atoms with E-state index in [-0.39, 0.29) is 24.2 Å². The Morgan fingerprint density at radius 3 is 2.57 bits per heavy atom. The van der Waals surface area contributed by atoms with Crippen molar-refractivity contribution in [1.29, 1.82) is 0 Å². The zero-order valence-corrected chi connectivity index (χ0v) is 21.1. The lowest BCUT2D eigenvalue weighted by Gasteiger charge is -2.30. The van der Waals surface area contributed by atoms with Gasteiger partial charge in [0.25, 0.3) is 5.91 Å². The van der Waals surface area contributed by atoms with Gasteiger partial charge in [-0.25, -0.2) is 4.98 Å². The normalized spacial score (nSPS) is 16.7. The van der Waals surface area contributed by atoms with E-state index in [0.717, 1.165) is 18.4 Å². The Balaban J connectivity index is 1.13. The van der Waals surface area contributed by atoms with Crippen molar-refractivity contribution in [2.24, 2.45) is 0 Å². The topological polar surface area (TPSA) is 124 Å². The highest BCUT2D eigenvalue weighted by atomic mass is 16.5. The molecule has 4 heterocycles. The quantitative estimate of drug-likeness (QED) is 0.473. The van der Waals surface area contributed by atoms with E-state index in [1.807, 2.05) is 29.2 Å². The molecule has 11 heteroatoms. The average Bonchev–Trinajstić information content (AvgIpc) is 3.58. The van der Waals surface area contributed by atoms with Crippen LogP contribution in [0.1, 0.15) is 53.2 Å². The minimum Gasteiger partial charge on any atom is -0.496 e. The molecule has 0 spiro atoms. The van der Waals surface area contributed by atoms with Gasteiger partial charge in [-0.05, 0) is 31.9 Å². The molecule has 2 aliphatic heterocycles. The van der Waals surface area contributed by atoms with Gasteiger partial charge in [0.15, 0.2) is 11.6 Å². The molecule has 0 bridgehead atoms. The van der Waals surface area contributed by atoms with Gasteiger partial charge in [0.2, 0.25) is 17.6 Å². The number of para-hydroxylation sites is 1. The SMILES string of the molecule is COc1ccccc1-c1noc(CCC(=O)N2CCC(c3nc(C(=O)N4CCOCC4)c(C)o3)CC2)n1. The lowest BCUT2D eigenvalue weighted by Crippen LogP contribution is -2.41. The molecule has 0 unspecified atom stereocenters. The number of oxazole rings is 1. The number of aromatic nitrogens is 3. The number of ether oxygens (including phenoxy) is 2. The van der Waals surface area contributed by atoms with Crippen molar-refractivity contribution in [3.05, 3.63) is 47.5 Å². The second-order valence-corrected chi connectivity index (χ2v) is 9.23. The zero-order valence-electron chi connectivity index (χ0n) is 21.1. The van der Waals surface area contributed by atoms with E-state index in [1.54, 1.807) is 18.9 Å². The van der Waals surface area contributed by atoms with Crippen LogP contribution in [0.5, 0.6) is 5.75 Å². The third kappa shape index (κ3) is 5.51. The molecule has 3 aromatic rings. The third-order valence-corrected chi connectivity index (χ3v) is 6.88. The molecule has 2 aromatic heterocycles. The van der Waals surface area contributed by atoms with Gasteiger partial charge in [-0.3, -0.25) is 9.59 Å². The van der Waals surface area contributed by atoms with Crippen molar-refractivity contribution in [3.63, 3.8) is 0 Å². The van der Waals surface area contributed by atoms with Crippen LogP contribution in [-0.4, -0.2) is 83.2 Å². The van der Waals surface area contributed by atoms with Gasteiger partial charge < -0.3 is 28.2 Å². The molecule has 37 heavy (non-hydrogen) atoms. The maximum atomic E-state index is 12.8. The lowest BCUT2D eigenvalue weighted by molar-refractivity contribution is -0.132. The molecule has 196 valence electrons. The van der Waals surface area contributed by atoms with E-state index >= 15 is 0 Å². The summed E-state index contributed by atoms with van der Waals surface area (Å²) in [5.74, 6) is 2.64. The van der Waals surface area contributed by atoms with Gasteiger partial charge >= 0.3 is 0 Å². The van der Waals surface area contributed by atoms with Gasteiger partial charge in [-0.15, -0.1) is 0 Å². The number of amides is 2. The second-order valence-electron chi connectivity index (χ2n) is 9.23. The summed E-state index contributed by atoms with van der Waals surface area (Å²) in [6.45, 7) is 5.19. The highest BCUT2D eigenvalue weighted by molar-refractivity contribution is 5.93. The molecule has 0 radical (unpaired) electrons. The minimum absolute atomic E-state index is 0.0438. The average molecular weight is 510 g/mol. The number of carbonyl (C=O) groups excluding carboxylic acids is 2.